The number of rotatable bonds is 42. The molecule has 0 aliphatic heterocycles. The third kappa shape index (κ3) is 43.7. The molecule has 0 spiro atoms. The Bertz CT molecular complexity index is 978. The van der Waals surface area contributed by atoms with Gasteiger partial charge in [-0.2, -0.15) is 0 Å². The van der Waals surface area contributed by atoms with Crippen LogP contribution in [0.1, 0.15) is 194 Å². The molecule has 9 heteroatoms. The number of hydrogen-bond acceptors (Lipinski definition) is 6. The number of carbonyl (C=O) groups excluding carboxylic acids is 1. The van der Waals surface area contributed by atoms with Crippen molar-refractivity contribution in [1.82, 2.24) is 0 Å². The molecule has 0 heterocycles. The van der Waals surface area contributed by atoms with Gasteiger partial charge in [0.1, 0.15) is 19.3 Å². The van der Waals surface area contributed by atoms with Crippen molar-refractivity contribution >= 4 is 13.8 Å². The lowest BCUT2D eigenvalue weighted by molar-refractivity contribution is -0.870. The molecule has 0 radical (unpaired) electrons. The number of hydrogen-bond donors (Lipinski definition) is 1. The molecule has 8 nitrogen and oxygen atoms in total. The SMILES string of the molecule is CCC/C=C\C/C=C\CCCCCCCCOCC(COP(=O)(O)OCC[N+](C)(C)C)OC(=O)CCCCCCCCCCC/C=C\CCCCCCCC. The molecule has 2 unspecified atom stereocenters. The summed E-state index contributed by atoms with van der Waals surface area (Å²) in [6.45, 7) is 5.54. The van der Waals surface area contributed by atoms with Crippen LogP contribution in [0, 0.1) is 0 Å². The van der Waals surface area contributed by atoms with Crippen LogP contribution >= 0.6 is 7.82 Å². The van der Waals surface area contributed by atoms with Gasteiger partial charge in [-0.3, -0.25) is 13.8 Å². The Balaban J connectivity index is 4.20. The molecule has 0 aliphatic carbocycles. The van der Waals surface area contributed by atoms with E-state index in [1.165, 1.54) is 128 Å². The first-order chi connectivity index (χ1) is 26.6. The van der Waals surface area contributed by atoms with Crippen molar-refractivity contribution in [3.63, 3.8) is 0 Å². The Morgan fingerprint density at radius 1 is 0.564 bits per heavy atom. The van der Waals surface area contributed by atoms with E-state index in [-0.39, 0.29) is 25.8 Å². The topological polar surface area (TPSA) is 91.3 Å². The van der Waals surface area contributed by atoms with Gasteiger partial charge >= 0.3 is 13.8 Å². The predicted molar refractivity (Wildman–Crippen MR) is 233 cm³/mol. The zero-order valence-corrected chi connectivity index (χ0v) is 37.6. The summed E-state index contributed by atoms with van der Waals surface area (Å²) < 4.78 is 35.0. The van der Waals surface area contributed by atoms with Crippen molar-refractivity contribution in [1.29, 1.82) is 0 Å². The van der Waals surface area contributed by atoms with Gasteiger partial charge in [-0.15, -0.1) is 0 Å². The standard InChI is InChI=1S/C46H88NO7P/c1-6-8-10-12-14-16-18-20-22-23-24-25-26-27-29-31-33-35-37-39-46(48)54-45(44-53-55(49,50)52-42-40-47(3,4)5)43-51-41-38-36-34-32-30-28-21-19-17-15-13-11-9-7-2/h11,13,17,19-20,22,45H,6-10,12,14-16,18,21,23-44H2,1-5H3/p+1/b13-11-,19-17-,22-20-. The highest BCUT2D eigenvalue weighted by Gasteiger charge is 2.26. The van der Waals surface area contributed by atoms with E-state index < -0.39 is 13.9 Å². The van der Waals surface area contributed by atoms with E-state index in [9.17, 15) is 14.3 Å². The molecule has 0 bridgehead atoms. The van der Waals surface area contributed by atoms with Gasteiger partial charge in [0, 0.05) is 13.0 Å². The molecular formula is C46H89NO7P+. The van der Waals surface area contributed by atoms with E-state index in [2.05, 4.69) is 50.3 Å². The van der Waals surface area contributed by atoms with Crippen LogP contribution in [0.5, 0.6) is 0 Å². The number of phosphoric ester groups is 1. The molecule has 0 fully saturated rings. The smallest absolute Gasteiger partial charge is 0.457 e. The molecule has 0 amide bonds. The van der Waals surface area contributed by atoms with E-state index in [1.807, 2.05) is 21.1 Å². The van der Waals surface area contributed by atoms with E-state index in [0.29, 0.717) is 24.1 Å². The fourth-order valence-electron chi connectivity index (χ4n) is 6.11. The Morgan fingerprint density at radius 2 is 1.04 bits per heavy atom. The number of esters is 1. The van der Waals surface area contributed by atoms with Crippen molar-refractivity contribution in [2.75, 3.05) is 54.1 Å². The van der Waals surface area contributed by atoms with Crippen molar-refractivity contribution in [2.45, 2.75) is 200 Å². The minimum Gasteiger partial charge on any atom is -0.457 e. The van der Waals surface area contributed by atoms with E-state index in [4.69, 9.17) is 18.5 Å². The molecule has 0 aromatic carbocycles. The van der Waals surface area contributed by atoms with Gasteiger partial charge < -0.3 is 18.9 Å². The second kappa shape index (κ2) is 39.5. The van der Waals surface area contributed by atoms with Crippen LogP contribution in [0.4, 0.5) is 0 Å². The fourth-order valence-corrected chi connectivity index (χ4v) is 6.86. The number of carbonyl (C=O) groups is 1. The number of quaternary nitrogens is 1. The minimum atomic E-state index is -4.28. The Labute approximate surface area is 340 Å². The number of ether oxygens (including phenoxy) is 2. The molecule has 0 saturated carbocycles. The van der Waals surface area contributed by atoms with Crippen molar-refractivity contribution in [3.05, 3.63) is 36.5 Å². The van der Waals surface area contributed by atoms with Crippen molar-refractivity contribution in [3.8, 4) is 0 Å². The molecular weight excluding hydrogens is 709 g/mol. The van der Waals surface area contributed by atoms with Gasteiger partial charge in [-0.1, -0.05) is 159 Å². The number of phosphoric acid groups is 1. The quantitative estimate of drug-likeness (QED) is 0.0216. The van der Waals surface area contributed by atoms with Crippen LogP contribution in [0.15, 0.2) is 36.5 Å². The second-order valence-electron chi connectivity index (χ2n) is 16.4. The summed E-state index contributed by atoms with van der Waals surface area (Å²) in [6.07, 6.45) is 46.0. The fraction of sp³-hybridized carbons (Fsp3) is 0.848. The normalized spacial score (nSPS) is 14.1. The molecule has 324 valence electrons. The van der Waals surface area contributed by atoms with Crippen LogP contribution < -0.4 is 0 Å². The lowest BCUT2D eigenvalue weighted by Gasteiger charge is -2.24. The lowest BCUT2D eigenvalue weighted by atomic mass is 10.1. The Morgan fingerprint density at radius 3 is 1.56 bits per heavy atom. The molecule has 1 N–H and O–H groups in total. The van der Waals surface area contributed by atoms with Gasteiger partial charge in [0.15, 0.2) is 0 Å². The van der Waals surface area contributed by atoms with Gasteiger partial charge in [0.2, 0.25) is 0 Å². The molecule has 0 saturated heterocycles. The van der Waals surface area contributed by atoms with E-state index in [0.717, 1.165) is 44.9 Å². The summed E-state index contributed by atoms with van der Waals surface area (Å²) in [5, 5.41) is 0. The number of unbranched alkanes of at least 4 members (excludes halogenated alkanes) is 22. The maximum Gasteiger partial charge on any atom is 0.472 e. The van der Waals surface area contributed by atoms with Gasteiger partial charge in [0.25, 0.3) is 0 Å². The molecule has 55 heavy (non-hydrogen) atoms. The Hall–Kier alpha value is -1.28. The molecule has 0 aliphatic rings. The summed E-state index contributed by atoms with van der Waals surface area (Å²) in [5.74, 6) is -0.320. The second-order valence-corrected chi connectivity index (χ2v) is 17.9. The first-order valence-corrected chi connectivity index (χ1v) is 24.2. The maximum absolute atomic E-state index is 12.7. The zero-order valence-electron chi connectivity index (χ0n) is 36.7. The summed E-state index contributed by atoms with van der Waals surface area (Å²) in [6, 6.07) is 0. The number of allylic oxidation sites excluding steroid dienone is 6. The highest BCUT2D eigenvalue weighted by atomic mass is 31.2. The number of likely N-dealkylation sites (N-methyl/N-ethyl adjacent to an activating group) is 1. The van der Waals surface area contributed by atoms with Gasteiger partial charge in [-0.05, 0) is 64.2 Å². The molecule has 0 aromatic heterocycles. The monoisotopic (exact) mass is 799 g/mol. The van der Waals surface area contributed by atoms with Crippen LogP contribution in [-0.4, -0.2) is 75.6 Å². The van der Waals surface area contributed by atoms with Crippen LogP contribution in [-0.2, 0) is 27.9 Å². The van der Waals surface area contributed by atoms with Gasteiger partial charge in [0.05, 0.1) is 34.4 Å². The molecule has 0 rings (SSSR count). The first-order valence-electron chi connectivity index (χ1n) is 22.7. The van der Waals surface area contributed by atoms with Crippen molar-refractivity contribution in [2.24, 2.45) is 0 Å². The third-order valence-corrected chi connectivity index (χ3v) is 10.6. The zero-order chi connectivity index (χ0) is 40.6. The van der Waals surface area contributed by atoms with Crippen LogP contribution in [0.3, 0.4) is 0 Å². The highest BCUT2D eigenvalue weighted by molar-refractivity contribution is 7.47. The summed E-state index contributed by atoms with van der Waals surface area (Å²) in [4.78, 5) is 22.9. The van der Waals surface area contributed by atoms with Gasteiger partial charge in [-0.25, -0.2) is 4.57 Å². The Kier molecular flexibility index (Phi) is 38.6. The van der Waals surface area contributed by atoms with E-state index in [1.54, 1.807) is 0 Å². The van der Waals surface area contributed by atoms with Crippen molar-refractivity contribution < 1.29 is 37.3 Å². The van der Waals surface area contributed by atoms with E-state index >= 15 is 0 Å². The first kappa shape index (κ1) is 53.7. The van der Waals surface area contributed by atoms with Crippen LogP contribution in [0.25, 0.3) is 0 Å². The lowest BCUT2D eigenvalue weighted by Crippen LogP contribution is -2.37. The largest absolute Gasteiger partial charge is 0.472 e. The molecule has 0 aromatic rings. The predicted octanol–water partition coefficient (Wildman–Crippen LogP) is 13.4. The minimum absolute atomic E-state index is 0.0860. The summed E-state index contributed by atoms with van der Waals surface area (Å²) in [7, 11) is 1.66. The molecule has 2 atom stereocenters. The summed E-state index contributed by atoms with van der Waals surface area (Å²) >= 11 is 0. The average molecular weight is 799 g/mol. The highest BCUT2D eigenvalue weighted by Crippen LogP contribution is 2.43. The number of nitrogens with zero attached hydrogens (tertiary/aromatic N) is 1. The average Bonchev–Trinajstić information content (AvgIpc) is 3.13. The summed E-state index contributed by atoms with van der Waals surface area (Å²) in [5.41, 5.74) is 0. The third-order valence-electron chi connectivity index (χ3n) is 9.65. The maximum atomic E-state index is 12.7. The van der Waals surface area contributed by atoms with Crippen LogP contribution in [0.2, 0.25) is 0 Å².